The van der Waals surface area contributed by atoms with Gasteiger partial charge in [0.15, 0.2) is 6.61 Å². The molecule has 0 aromatic heterocycles. The van der Waals surface area contributed by atoms with E-state index in [-0.39, 0.29) is 11.6 Å². The molecule has 5 nitrogen and oxygen atoms in total. The second kappa shape index (κ2) is 8.76. The quantitative estimate of drug-likeness (QED) is 0.620. The second-order valence-corrected chi connectivity index (χ2v) is 6.71. The van der Waals surface area contributed by atoms with Crippen molar-refractivity contribution in [2.45, 2.75) is 13.0 Å². The molecule has 0 aliphatic carbocycles. The molecule has 0 heterocycles. The molecule has 3 aromatic carbocycles. The molecule has 3 aromatic rings. The number of fused-ring (bicyclic) bond motifs is 1. The van der Waals surface area contributed by atoms with Gasteiger partial charge in [-0.3, -0.25) is 4.79 Å². The van der Waals surface area contributed by atoms with Crippen LogP contribution in [0.3, 0.4) is 0 Å². The van der Waals surface area contributed by atoms with Crippen LogP contribution in [-0.4, -0.2) is 25.6 Å². The molecular formula is C22H20ClNO4. The molecule has 0 aliphatic heterocycles. The van der Waals surface area contributed by atoms with Crippen molar-refractivity contribution in [3.63, 3.8) is 0 Å². The number of esters is 1. The molecule has 0 saturated carbocycles. The summed E-state index contributed by atoms with van der Waals surface area (Å²) in [6.07, 6.45) is 0. The summed E-state index contributed by atoms with van der Waals surface area (Å²) in [5.74, 6) is -0.735. The molecule has 1 N–H and O–H groups in total. The molecular weight excluding hydrogens is 378 g/mol. The van der Waals surface area contributed by atoms with E-state index in [4.69, 9.17) is 21.1 Å². The average Bonchev–Trinajstić information content (AvgIpc) is 2.71. The van der Waals surface area contributed by atoms with Crippen LogP contribution in [0.15, 0.2) is 60.7 Å². The second-order valence-electron chi connectivity index (χ2n) is 6.28. The SMILES string of the molecule is COc1ccc(Cl)cc1C(=O)OCC(=O)NC(C)c1cccc2ccccc12. The molecule has 6 heteroatoms. The number of methoxy groups -OCH3 is 1. The number of hydrogen-bond donors (Lipinski definition) is 1. The Kier molecular flexibility index (Phi) is 6.16. The number of nitrogens with one attached hydrogen (secondary N) is 1. The smallest absolute Gasteiger partial charge is 0.342 e. The van der Waals surface area contributed by atoms with Crippen molar-refractivity contribution < 1.29 is 19.1 Å². The first-order valence-corrected chi connectivity index (χ1v) is 9.15. The van der Waals surface area contributed by atoms with E-state index in [9.17, 15) is 9.59 Å². The zero-order valence-electron chi connectivity index (χ0n) is 15.6. The lowest BCUT2D eigenvalue weighted by atomic mass is 10.00. The van der Waals surface area contributed by atoms with E-state index in [2.05, 4.69) is 5.32 Å². The van der Waals surface area contributed by atoms with Crippen LogP contribution in [0, 0.1) is 0 Å². The van der Waals surface area contributed by atoms with Gasteiger partial charge in [0.25, 0.3) is 5.91 Å². The van der Waals surface area contributed by atoms with Crippen molar-refractivity contribution in [1.29, 1.82) is 0 Å². The number of halogens is 1. The maximum Gasteiger partial charge on any atom is 0.342 e. The summed E-state index contributed by atoms with van der Waals surface area (Å²) in [7, 11) is 1.44. The Morgan fingerprint density at radius 3 is 2.61 bits per heavy atom. The molecule has 1 amide bonds. The zero-order chi connectivity index (χ0) is 20.1. The highest BCUT2D eigenvalue weighted by Crippen LogP contribution is 2.25. The van der Waals surface area contributed by atoms with Crippen LogP contribution in [0.4, 0.5) is 0 Å². The molecule has 144 valence electrons. The Morgan fingerprint density at radius 1 is 1.07 bits per heavy atom. The summed E-state index contributed by atoms with van der Waals surface area (Å²) in [5, 5.41) is 5.40. The van der Waals surface area contributed by atoms with Gasteiger partial charge in [0, 0.05) is 5.02 Å². The summed E-state index contributed by atoms with van der Waals surface area (Å²) >= 11 is 5.92. The molecule has 0 aliphatic rings. The van der Waals surface area contributed by atoms with E-state index in [1.165, 1.54) is 13.2 Å². The van der Waals surface area contributed by atoms with Gasteiger partial charge < -0.3 is 14.8 Å². The zero-order valence-corrected chi connectivity index (χ0v) is 16.3. The van der Waals surface area contributed by atoms with Crippen LogP contribution in [0.2, 0.25) is 5.02 Å². The molecule has 28 heavy (non-hydrogen) atoms. The van der Waals surface area contributed by atoms with Crippen LogP contribution in [0.1, 0.15) is 28.9 Å². The van der Waals surface area contributed by atoms with E-state index in [0.29, 0.717) is 10.8 Å². The summed E-state index contributed by atoms with van der Waals surface area (Å²) < 4.78 is 10.3. The van der Waals surface area contributed by atoms with Crippen LogP contribution in [-0.2, 0) is 9.53 Å². The predicted molar refractivity (Wildman–Crippen MR) is 109 cm³/mol. The van der Waals surface area contributed by atoms with Crippen molar-refractivity contribution >= 4 is 34.2 Å². The number of carbonyl (C=O) groups excluding carboxylic acids is 2. The Hall–Kier alpha value is -3.05. The van der Waals surface area contributed by atoms with Crippen LogP contribution in [0.25, 0.3) is 10.8 Å². The summed E-state index contributed by atoms with van der Waals surface area (Å²) in [4.78, 5) is 24.5. The van der Waals surface area contributed by atoms with Gasteiger partial charge in [-0.1, -0.05) is 54.1 Å². The highest BCUT2D eigenvalue weighted by molar-refractivity contribution is 6.31. The summed E-state index contributed by atoms with van der Waals surface area (Å²) in [6, 6.07) is 18.3. The molecule has 1 unspecified atom stereocenters. The lowest BCUT2D eigenvalue weighted by Gasteiger charge is -2.17. The summed E-state index contributed by atoms with van der Waals surface area (Å²) in [5.41, 5.74) is 1.17. The lowest BCUT2D eigenvalue weighted by Crippen LogP contribution is -2.31. The maximum absolute atomic E-state index is 12.3. The normalized spacial score (nSPS) is 11.7. The van der Waals surface area contributed by atoms with E-state index in [1.807, 2.05) is 49.4 Å². The van der Waals surface area contributed by atoms with Crippen LogP contribution < -0.4 is 10.1 Å². The molecule has 0 saturated heterocycles. The summed E-state index contributed by atoms with van der Waals surface area (Å²) in [6.45, 7) is 1.49. The van der Waals surface area contributed by atoms with Gasteiger partial charge in [0.05, 0.1) is 13.2 Å². The third kappa shape index (κ3) is 4.43. The van der Waals surface area contributed by atoms with Gasteiger partial charge >= 0.3 is 5.97 Å². The van der Waals surface area contributed by atoms with Gasteiger partial charge in [-0.2, -0.15) is 0 Å². The number of ether oxygens (including phenoxy) is 2. The van der Waals surface area contributed by atoms with Gasteiger partial charge in [0.2, 0.25) is 0 Å². The number of amides is 1. The number of carbonyl (C=O) groups is 2. The molecule has 0 fully saturated rings. The van der Waals surface area contributed by atoms with Crippen molar-refractivity contribution in [1.82, 2.24) is 5.32 Å². The monoisotopic (exact) mass is 397 g/mol. The van der Waals surface area contributed by atoms with E-state index in [1.54, 1.807) is 12.1 Å². The standard InChI is InChI=1S/C22H20ClNO4/c1-14(17-9-5-7-15-6-3-4-8-18(15)17)24-21(25)13-28-22(26)19-12-16(23)10-11-20(19)27-2/h3-12,14H,13H2,1-2H3,(H,24,25). The largest absolute Gasteiger partial charge is 0.496 e. The number of rotatable bonds is 6. The van der Waals surface area contributed by atoms with Crippen molar-refractivity contribution in [3.05, 3.63) is 76.8 Å². The maximum atomic E-state index is 12.3. The fraction of sp³-hybridized carbons (Fsp3) is 0.182. The molecule has 0 spiro atoms. The molecule has 3 rings (SSSR count). The highest BCUT2D eigenvalue weighted by Gasteiger charge is 2.17. The van der Waals surface area contributed by atoms with Gasteiger partial charge in [-0.15, -0.1) is 0 Å². The Balaban J connectivity index is 1.64. The highest BCUT2D eigenvalue weighted by atomic mass is 35.5. The van der Waals surface area contributed by atoms with E-state index >= 15 is 0 Å². The van der Waals surface area contributed by atoms with Crippen LogP contribution in [0.5, 0.6) is 5.75 Å². The van der Waals surface area contributed by atoms with Crippen LogP contribution >= 0.6 is 11.6 Å². The van der Waals surface area contributed by atoms with Gasteiger partial charge in [-0.25, -0.2) is 4.79 Å². The molecule has 0 bridgehead atoms. The first-order valence-electron chi connectivity index (χ1n) is 8.77. The minimum atomic E-state index is -0.674. The number of benzene rings is 3. The Labute approximate surface area is 168 Å². The Bertz CT molecular complexity index is 1010. The first kappa shape index (κ1) is 19.7. The van der Waals surface area contributed by atoms with E-state index in [0.717, 1.165) is 16.3 Å². The molecule has 0 radical (unpaired) electrons. The van der Waals surface area contributed by atoms with E-state index < -0.39 is 18.5 Å². The Morgan fingerprint density at radius 2 is 1.82 bits per heavy atom. The predicted octanol–water partition coefficient (Wildman–Crippen LogP) is 4.54. The minimum Gasteiger partial charge on any atom is -0.496 e. The first-order chi connectivity index (χ1) is 13.5. The average molecular weight is 398 g/mol. The van der Waals surface area contributed by atoms with Crippen molar-refractivity contribution in [2.24, 2.45) is 0 Å². The fourth-order valence-electron chi connectivity index (χ4n) is 3.04. The minimum absolute atomic E-state index is 0.171. The third-order valence-corrected chi connectivity index (χ3v) is 4.62. The number of hydrogen-bond acceptors (Lipinski definition) is 4. The van der Waals surface area contributed by atoms with Gasteiger partial charge in [-0.05, 0) is 41.5 Å². The topological polar surface area (TPSA) is 64.6 Å². The lowest BCUT2D eigenvalue weighted by molar-refractivity contribution is -0.124. The van der Waals surface area contributed by atoms with Crippen molar-refractivity contribution in [3.8, 4) is 5.75 Å². The van der Waals surface area contributed by atoms with Gasteiger partial charge in [0.1, 0.15) is 11.3 Å². The third-order valence-electron chi connectivity index (χ3n) is 4.38. The fourth-order valence-corrected chi connectivity index (χ4v) is 3.21. The van der Waals surface area contributed by atoms with Crippen molar-refractivity contribution in [2.75, 3.05) is 13.7 Å². The molecule has 1 atom stereocenters.